The maximum Gasteiger partial charge on any atom is 0.263 e. The number of para-hydroxylation sites is 1. The fraction of sp³-hybridized carbons (Fsp3) is 0.182. The number of hydrogen-bond donors (Lipinski definition) is 0. The van der Waals surface area contributed by atoms with Crippen molar-refractivity contribution in [3.63, 3.8) is 0 Å². The van der Waals surface area contributed by atoms with Gasteiger partial charge < -0.3 is 9.64 Å². The normalized spacial score (nSPS) is 13.2. The summed E-state index contributed by atoms with van der Waals surface area (Å²) in [6.45, 7) is 2.61. The van der Waals surface area contributed by atoms with Gasteiger partial charge in [-0.05, 0) is 61.2 Å². The molecule has 136 valence electrons. The van der Waals surface area contributed by atoms with Gasteiger partial charge in [-0.1, -0.05) is 35.9 Å². The zero-order chi connectivity index (χ0) is 18.8. The molecule has 0 saturated heterocycles. The number of rotatable bonds is 3. The first-order valence-electron chi connectivity index (χ1n) is 8.92. The number of carbonyl (C=O) groups excluding carboxylic acids is 1. The maximum absolute atomic E-state index is 13.3. The molecule has 1 amide bonds. The molecule has 1 aliphatic heterocycles. The van der Waals surface area contributed by atoms with Gasteiger partial charge in [-0.3, -0.25) is 4.79 Å². The number of amides is 1. The minimum absolute atomic E-state index is 0.107. The molecule has 0 radical (unpaired) electrons. The van der Waals surface area contributed by atoms with Crippen molar-refractivity contribution in [3.8, 4) is 11.6 Å². The van der Waals surface area contributed by atoms with Crippen molar-refractivity contribution in [1.29, 1.82) is 0 Å². The van der Waals surface area contributed by atoms with Crippen LogP contribution in [-0.2, 0) is 6.42 Å². The van der Waals surface area contributed by atoms with Crippen LogP contribution in [0.15, 0.2) is 60.8 Å². The Balaban J connectivity index is 1.69. The van der Waals surface area contributed by atoms with E-state index >= 15 is 0 Å². The fourth-order valence-corrected chi connectivity index (χ4v) is 3.48. The second kappa shape index (κ2) is 7.41. The van der Waals surface area contributed by atoms with Gasteiger partial charge in [0.15, 0.2) is 0 Å². The van der Waals surface area contributed by atoms with Crippen LogP contribution in [0.4, 0.5) is 5.69 Å². The van der Waals surface area contributed by atoms with Crippen LogP contribution in [0.5, 0.6) is 11.6 Å². The van der Waals surface area contributed by atoms with Gasteiger partial charge in [0.1, 0.15) is 11.3 Å². The van der Waals surface area contributed by atoms with Crippen molar-refractivity contribution < 1.29 is 9.53 Å². The van der Waals surface area contributed by atoms with Gasteiger partial charge in [0.05, 0.1) is 0 Å². The Kier molecular flexibility index (Phi) is 4.82. The number of aromatic nitrogens is 1. The Hall–Kier alpha value is -2.85. The molecular formula is C22H19ClN2O2. The van der Waals surface area contributed by atoms with Crippen molar-refractivity contribution in [2.75, 3.05) is 11.4 Å². The molecule has 2 aromatic carbocycles. The monoisotopic (exact) mass is 378 g/mol. The molecule has 1 aromatic heterocycles. The molecule has 27 heavy (non-hydrogen) atoms. The van der Waals surface area contributed by atoms with Gasteiger partial charge in [-0.2, -0.15) is 0 Å². The number of benzene rings is 2. The van der Waals surface area contributed by atoms with Crippen molar-refractivity contribution in [2.45, 2.75) is 19.8 Å². The summed E-state index contributed by atoms with van der Waals surface area (Å²) in [6, 6.07) is 16.9. The summed E-state index contributed by atoms with van der Waals surface area (Å²) in [6.07, 6.45) is 3.54. The highest BCUT2D eigenvalue weighted by Gasteiger charge is 2.26. The predicted molar refractivity (Wildman–Crippen MR) is 107 cm³/mol. The van der Waals surface area contributed by atoms with Crippen LogP contribution >= 0.6 is 11.6 Å². The lowest BCUT2D eigenvalue weighted by Gasteiger charge is -2.29. The largest absolute Gasteiger partial charge is 0.438 e. The molecule has 0 unspecified atom stereocenters. The van der Waals surface area contributed by atoms with E-state index in [2.05, 4.69) is 11.1 Å². The number of carbonyl (C=O) groups is 1. The minimum Gasteiger partial charge on any atom is -0.438 e. The second-order valence-electron chi connectivity index (χ2n) is 6.56. The summed E-state index contributed by atoms with van der Waals surface area (Å²) in [4.78, 5) is 19.4. The maximum atomic E-state index is 13.3. The van der Waals surface area contributed by atoms with Crippen LogP contribution in [0.1, 0.15) is 27.9 Å². The van der Waals surface area contributed by atoms with Crippen molar-refractivity contribution in [2.24, 2.45) is 0 Å². The SMILES string of the molecule is Cc1ccc(Cl)cc1Oc1ncccc1C(=O)N1CCCc2ccccc21. The van der Waals surface area contributed by atoms with E-state index in [1.54, 1.807) is 30.5 Å². The van der Waals surface area contributed by atoms with Gasteiger partial charge >= 0.3 is 0 Å². The first kappa shape index (κ1) is 17.6. The van der Waals surface area contributed by atoms with Gasteiger partial charge in [0.25, 0.3) is 5.91 Å². The van der Waals surface area contributed by atoms with Gasteiger partial charge in [-0.25, -0.2) is 4.98 Å². The molecule has 0 N–H and O–H groups in total. The molecule has 3 aromatic rings. The summed E-state index contributed by atoms with van der Waals surface area (Å²) in [7, 11) is 0. The molecule has 0 bridgehead atoms. The average molecular weight is 379 g/mol. The lowest BCUT2D eigenvalue weighted by Crippen LogP contribution is -2.35. The van der Waals surface area contributed by atoms with Crippen LogP contribution in [0, 0.1) is 6.92 Å². The Labute approximate surface area is 163 Å². The van der Waals surface area contributed by atoms with Gasteiger partial charge in [0, 0.05) is 23.5 Å². The number of ether oxygens (including phenoxy) is 1. The number of anilines is 1. The fourth-order valence-electron chi connectivity index (χ4n) is 3.31. The molecular weight excluding hydrogens is 360 g/mol. The third kappa shape index (κ3) is 3.53. The number of hydrogen-bond acceptors (Lipinski definition) is 3. The standard InChI is InChI=1S/C22H19ClN2O2/c1-15-10-11-17(23)14-20(15)27-21-18(8-4-12-24-21)22(26)25-13-5-7-16-6-2-3-9-19(16)25/h2-4,6,8-12,14H,5,7,13H2,1H3. The molecule has 5 heteroatoms. The Morgan fingerprint density at radius 3 is 2.89 bits per heavy atom. The van der Waals surface area contributed by atoms with Crippen molar-refractivity contribution in [1.82, 2.24) is 4.98 Å². The molecule has 0 fully saturated rings. The summed E-state index contributed by atoms with van der Waals surface area (Å²) >= 11 is 6.09. The number of aryl methyl sites for hydroxylation is 2. The summed E-state index contributed by atoms with van der Waals surface area (Å²) in [5.41, 5.74) is 3.51. The molecule has 2 heterocycles. The summed E-state index contributed by atoms with van der Waals surface area (Å²) in [5, 5.41) is 0.573. The molecule has 0 saturated carbocycles. The lowest BCUT2D eigenvalue weighted by atomic mass is 10.0. The molecule has 0 atom stereocenters. The highest BCUT2D eigenvalue weighted by Crippen LogP contribution is 2.32. The number of nitrogens with zero attached hydrogens (tertiary/aromatic N) is 2. The van der Waals surface area contributed by atoms with Crippen LogP contribution < -0.4 is 9.64 Å². The first-order chi connectivity index (χ1) is 13.1. The third-order valence-electron chi connectivity index (χ3n) is 4.71. The van der Waals surface area contributed by atoms with Crippen LogP contribution in [0.3, 0.4) is 0 Å². The molecule has 4 nitrogen and oxygen atoms in total. The smallest absolute Gasteiger partial charge is 0.263 e. The summed E-state index contributed by atoms with van der Waals surface area (Å²) in [5.74, 6) is 0.773. The quantitative estimate of drug-likeness (QED) is 0.610. The van der Waals surface area contributed by atoms with E-state index in [0.29, 0.717) is 22.9 Å². The zero-order valence-corrected chi connectivity index (χ0v) is 15.7. The van der Waals surface area contributed by atoms with Crippen LogP contribution in [0.25, 0.3) is 0 Å². The Morgan fingerprint density at radius 1 is 1.15 bits per heavy atom. The zero-order valence-electron chi connectivity index (χ0n) is 15.0. The molecule has 4 rings (SSSR count). The van der Waals surface area contributed by atoms with E-state index in [-0.39, 0.29) is 11.8 Å². The van der Waals surface area contributed by atoms with Crippen LogP contribution in [-0.4, -0.2) is 17.4 Å². The van der Waals surface area contributed by atoms with Gasteiger partial charge in [-0.15, -0.1) is 0 Å². The van der Waals surface area contributed by atoms with Crippen molar-refractivity contribution in [3.05, 3.63) is 82.5 Å². The molecule has 1 aliphatic rings. The summed E-state index contributed by atoms with van der Waals surface area (Å²) < 4.78 is 5.98. The van der Waals surface area contributed by atoms with E-state index in [1.165, 1.54) is 5.56 Å². The van der Waals surface area contributed by atoms with Crippen molar-refractivity contribution >= 4 is 23.2 Å². The molecule has 0 aliphatic carbocycles. The van der Waals surface area contributed by atoms with E-state index in [4.69, 9.17) is 16.3 Å². The van der Waals surface area contributed by atoms with Gasteiger partial charge in [0.2, 0.25) is 5.88 Å². The Morgan fingerprint density at radius 2 is 2.00 bits per heavy atom. The number of fused-ring (bicyclic) bond motifs is 1. The lowest BCUT2D eigenvalue weighted by molar-refractivity contribution is 0.0982. The van der Waals surface area contributed by atoms with E-state index in [0.717, 1.165) is 24.1 Å². The number of pyridine rings is 1. The highest BCUT2D eigenvalue weighted by atomic mass is 35.5. The minimum atomic E-state index is -0.107. The Bertz CT molecular complexity index is 1000. The first-order valence-corrected chi connectivity index (χ1v) is 9.30. The molecule has 0 spiro atoms. The van der Waals surface area contributed by atoms with Crippen LogP contribution in [0.2, 0.25) is 5.02 Å². The highest BCUT2D eigenvalue weighted by molar-refractivity contribution is 6.30. The van der Waals surface area contributed by atoms with E-state index in [9.17, 15) is 4.79 Å². The topological polar surface area (TPSA) is 42.4 Å². The number of halogens is 1. The average Bonchev–Trinajstić information content (AvgIpc) is 2.70. The van der Waals surface area contributed by atoms with E-state index < -0.39 is 0 Å². The third-order valence-corrected chi connectivity index (χ3v) is 4.95. The van der Waals surface area contributed by atoms with E-state index in [1.807, 2.05) is 36.1 Å². The predicted octanol–water partition coefficient (Wildman–Crippen LogP) is 5.43. The second-order valence-corrected chi connectivity index (χ2v) is 6.99.